The van der Waals surface area contributed by atoms with Crippen molar-refractivity contribution < 1.29 is 34.1 Å². The van der Waals surface area contributed by atoms with Gasteiger partial charge in [0.1, 0.15) is 5.60 Å². The minimum atomic E-state index is -2.60. The van der Waals surface area contributed by atoms with Gasteiger partial charge in [-0.15, -0.1) is 0 Å². The molecule has 1 unspecified atom stereocenters. The number of aliphatic hydroxyl groups is 1. The Balaban J connectivity index is 2.73. The van der Waals surface area contributed by atoms with Gasteiger partial charge in [0.2, 0.25) is 0 Å². The van der Waals surface area contributed by atoms with Crippen molar-refractivity contribution in [1.82, 2.24) is 4.90 Å². The number of carbonyl (C=O) groups is 3. The van der Waals surface area contributed by atoms with Crippen LogP contribution in [0.2, 0.25) is 0 Å². The molecule has 132 valence electrons. The van der Waals surface area contributed by atoms with Gasteiger partial charge in [-0.3, -0.25) is 0 Å². The molecule has 0 saturated carbocycles. The predicted molar refractivity (Wildman–Crippen MR) is 79.8 cm³/mol. The number of esters is 1. The van der Waals surface area contributed by atoms with Crippen LogP contribution in [0.3, 0.4) is 0 Å². The number of carbonyl (C=O) groups excluding carboxylic acids is 2. The topological polar surface area (TPSA) is 113 Å². The monoisotopic (exact) mass is 331 g/mol. The van der Waals surface area contributed by atoms with Gasteiger partial charge in [0.15, 0.2) is 0 Å². The minimum absolute atomic E-state index is 0.164. The summed E-state index contributed by atoms with van der Waals surface area (Å²) in [5.41, 5.74) is -3.23. The highest BCUT2D eigenvalue weighted by Crippen LogP contribution is 2.27. The van der Waals surface area contributed by atoms with Crippen LogP contribution in [0, 0.1) is 0 Å². The number of likely N-dealkylation sites (tertiary alicyclic amines) is 1. The molecule has 0 aromatic heterocycles. The summed E-state index contributed by atoms with van der Waals surface area (Å²) in [5, 5.41) is 19.1. The van der Waals surface area contributed by atoms with E-state index < -0.39 is 29.2 Å². The van der Waals surface area contributed by atoms with Crippen molar-refractivity contribution in [1.29, 1.82) is 0 Å². The van der Waals surface area contributed by atoms with Crippen molar-refractivity contribution in [3.05, 3.63) is 0 Å². The third-order valence-electron chi connectivity index (χ3n) is 3.72. The Hall–Kier alpha value is -1.83. The van der Waals surface area contributed by atoms with Gasteiger partial charge in [-0.1, -0.05) is 0 Å². The van der Waals surface area contributed by atoms with E-state index in [1.54, 1.807) is 20.8 Å². The maximum atomic E-state index is 12.2. The van der Waals surface area contributed by atoms with Crippen LogP contribution in [0.5, 0.6) is 0 Å². The number of nitrogens with zero attached hydrogens (tertiary/aromatic N) is 1. The van der Waals surface area contributed by atoms with Gasteiger partial charge in [-0.25, -0.2) is 14.4 Å². The second kappa shape index (κ2) is 7.16. The number of rotatable bonds is 5. The molecule has 8 nitrogen and oxygen atoms in total. The number of methoxy groups -OCH3 is 1. The molecule has 1 rings (SSSR count). The van der Waals surface area contributed by atoms with Gasteiger partial charge >= 0.3 is 18.0 Å². The molecule has 1 amide bonds. The number of ether oxygens (including phenoxy) is 2. The van der Waals surface area contributed by atoms with Crippen molar-refractivity contribution in [2.24, 2.45) is 0 Å². The van der Waals surface area contributed by atoms with E-state index >= 15 is 0 Å². The van der Waals surface area contributed by atoms with Gasteiger partial charge in [0.25, 0.3) is 5.60 Å². The molecule has 1 aliphatic rings. The van der Waals surface area contributed by atoms with Crippen molar-refractivity contribution in [2.75, 3.05) is 13.7 Å². The third kappa shape index (κ3) is 4.82. The van der Waals surface area contributed by atoms with E-state index in [0.29, 0.717) is 13.0 Å². The Labute approximate surface area is 135 Å². The Morgan fingerprint density at radius 2 is 1.87 bits per heavy atom. The zero-order valence-electron chi connectivity index (χ0n) is 14.0. The lowest BCUT2D eigenvalue weighted by atomic mass is 9.94. The van der Waals surface area contributed by atoms with E-state index in [-0.39, 0.29) is 18.9 Å². The first kappa shape index (κ1) is 19.2. The molecule has 0 bridgehead atoms. The van der Waals surface area contributed by atoms with E-state index in [1.165, 1.54) is 4.90 Å². The molecular weight excluding hydrogens is 306 g/mol. The van der Waals surface area contributed by atoms with Crippen LogP contribution >= 0.6 is 0 Å². The fourth-order valence-electron chi connectivity index (χ4n) is 2.54. The molecule has 0 aromatic rings. The summed E-state index contributed by atoms with van der Waals surface area (Å²) in [6.07, 6.45) is 0.775. The van der Waals surface area contributed by atoms with Crippen LogP contribution < -0.4 is 0 Å². The Bertz CT molecular complexity index is 471. The molecule has 2 atom stereocenters. The van der Waals surface area contributed by atoms with E-state index in [9.17, 15) is 19.5 Å². The lowest BCUT2D eigenvalue weighted by Crippen LogP contribution is -2.49. The highest BCUT2D eigenvalue weighted by Gasteiger charge is 2.46. The smallest absolute Gasteiger partial charge is 0.410 e. The average Bonchev–Trinajstić information content (AvgIpc) is 2.90. The van der Waals surface area contributed by atoms with E-state index in [4.69, 9.17) is 9.84 Å². The maximum Gasteiger partial charge on any atom is 0.410 e. The summed E-state index contributed by atoms with van der Waals surface area (Å²) in [7, 11) is 1.01. The van der Waals surface area contributed by atoms with Crippen LogP contribution in [0.1, 0.15) is 46.5 Å². The predicted octanol–water partition coefficient (Wildman–Crippen LogP) is 1.15. The fraction of sp³-hybridized carbons (Fsp3) is 0.800. The van der Waals surface area contributed by atoms with Crippen molar-refractivity contribution in [3.63, 3.8) is 0 Å². The average molecular weight is 331 g/mol. The highest BCUT2D eigenvalue weighted by molar-refractivity contribution is 6.02. The van der Waals surface area contributed by atoms with Crippen LogP contribution in [0.25, 0.3) is 0 Å². The zero-order chi connectivity index (χ0) is 17.8. The number of carboxylic acids is 1. The first-order valence-electron chi connectivity index (χ1n) is 7.55. The SMILES string of the molecule is COC(=O)[C@@](O)(CCC1CCCN1C(=O)OC(C)(C)C)C(=O)O. The Morgan fingerprint density at radius 1 is 1.26 bits per heavy atom. The Morgan fingerprint density at radius 3 is 2.35 bits per heavy atom. The second-order valence-electron chi connectivity index (χ2n) is 6.67. The van der Waals surface area contributed by atoms with Crippen molar-refractivity contribution >= 4 is 18.0 Å². The molecule has 23 heavy (non-hydrogen) atoms. The minimum Gasteiger partial charge on any atom is -0.479 e. The van der Waals surface area contributed by atoms with Crippen LogP contribution in [-0.2, 0) is 19.1 Å². The second-order valence-corrected chi connectivity index (χ2v) is 6.67. The molecule has 0 radical (unpaired) electrons. The van der Waals surface area contributed by atoms with Gasteiger partial charge in [0, 0.05) is 19.0 Å². The van der Waals surface area contributed by atoms with Gasteiger partial charge in [-0.05, 0) is 40.0 Å². The lowest BCUT2D eigenvalue weighted by Gasteiger charge is -2.30. The van der Waals surface area contributed by atoms with Crippen molar-refractivity contribution in [2.45, 2.75) is 63.7 Å². The number of hydrogen-bond acceptors (Lipinski definition) is 6. The van der Waals surface area contributed by atoms with Gasteiger partial charge in [-0.2, -0.15) is 0 Å². The van der Waals surface area contributed by atoms with Crippen LogP contribution in [0.15, 0.2) is 0 Å². The Kier molecular flexibility index (Phi) is 5.98. The molecule has 1 saturated heterocycles. The highest BCUT2D eigenvalue weighted by atomic mass is 16.6. The fourth-order valence-corrected chi connectivity index (χ4v) is 2.54. The summed E-state index contributed by atoms with van der Waals surface area (Å²) in [5.74, 6) is -2.88. The number of carboxylic acid groups (broad SMARTS) is 1. The normalized spacial score (nSPS) is 20.7. The first-order valence-corrected chi connectivity index (χ1v) is 7.55. The lowest BCUT2D eigenvalue weighted by molar-refractivity contribution is -0.179. The summed E-state index contributed by atoms with van der Waals surface area (Å²) in [6, 6.07) is -0.277. The largest absolute Gasteiger partial charge is 0.479 e. The first-order chi connectivity index (χ1) is 10.5. The number of amides is 1. The van der Waals surface area contributed by atoms with Crippen LogP contribution in [-0.4, -0.2) is 64.0 Å². The molecule has 0 aliphatic carbocycles. The molecule has 1 heterocycles. The summed E-state index contributed by atoms with van der Waals surface area (Å²) >= 11 is 0. The maximum absolute atomic E-state index is 12.2. The summed E-state index contributed by atoms with van der Waals surface area (Å²) in [4.78, 5) is 36.4. The van der Waals surface area contributed by atoms with E-state index in [0.717, 1.165) is 13.5 Å². The molecular formula is C15H25NO7. The van der Waals surface area contributed by atoms with E-state index in [2.05, 4.69) is 4.74 Å². The number of aliphatic carboxylic acids is 1. The third-order valence-corrected chi connectivity index (χ3v) is 3.72. The van der Waals surface area contributed by atoms with E-state index in [1.807, 2.05) is 0 Å². The zero-order valence-corrected chi connectivity index (χ0v) is 14.0. The van der Waals surface area contributed by atoms with Crippen molar-refractivity contribution in [3.8, 4) is 0 Å². The molecule has 0 aromatic carbocycles. The molecule has 2 N–H and O–H groups in total. The van der Waals surface area contributed by atoms with Crippen LogP contribution in [0.4, 0.5) is 4.79 Å². The molecule has 1 aliphatic heterocycles. The molecule has 1 fully saturated rings. The number of hydrogen-bond donors (Lipinski definition) is 2. The quantitative estimate of drug-likeness (QED) is 0.574. The standard InChI is InChI=1S/C15H25NO7/c1-14(2,3)23-13(20)16-9-5-6-10(16)7-8-15(21,11(17)18)12(19)22-4/h10,21H,5-9H2,1-4H3,(H,17,18)/t10?,15-/m1/s1. The molecule has 0 spiro atoms. The van der Waals surface area contributed by atoms with Gasteiger partial charge in [0.05, 0.1) is 7.11 Å². The summed E-state index contributed by atoms with van der Waals surface area (Å²) in [6.45, 7) is 5.78. The molecule has 8 heteroatoms. The van der Waals surface area contributed by atoms with Gasteiger partial charge < -0.3 is 24.6 Å². The summed E-state index contributed by atoms with van der Waals surface area (Å²) < 4.78 is 9.67.